The standard InChI is InChI=1S/C14H18N4/c15-13-6-9-17(11-13)10-12-2-4-14(5-3-12)18-8-1-7-16-18/h1-5,7-8,13H,6,9-11,15H2/t13-/m0/s1. The second kappa shape index (κ2) is 4.92. The molecule has 1 aliphatic heterocycles. The van der Waals surface area contributed by atoms with E-state index in [1.807, 2.05) is 16.9 Å². The molecule has 4 heteroatoms. The van der Waals surface area contributed by atoms with Crippen molar-refractivity contribution < 1.29 is 0 Å². The van der Waals surface area contributed by atoms with E-state index in [2.05, 4.69) is 34.3 Å². The van der Waals surface area contributed by atoms with Gasteiger partial charge in [0.25, 0.3) is 0 Å². The fourth-order valence-electron chi connectivity index (χ4n) is 2.44. The highest BCUT2D eigenvalue weighted by Gasteiger charge is 2.18. The van der Waals surface area contributed by atoms with E-state index >= 15 is 0 Å². The van der Waals surface area contributed by atoms with E-state index in [0.29, 0.717) is 6.04 Å². The van der Waals surface area contributed by atoms with E-state index in [9.17, 15) is 0 Å². The third kappa shape index (κ3) is 2.44. The normalized spacial score (nSPS) is 20.4. The molecule has 2 N–H and O–H groups in total. The minimum Gasteiger partial charge on any atom is -0.326 e. The molecule has 0 bridgehead atoms. The van der Waals surface area contributed by atoms with Crippen LogP contribution in [-0.4, -0.2) is 33.8 Å². The lowest BCUT2D eigenvalue weighted by molar-refractivity contribution is 0.327. The molecule has 1 fully saturated rings. The lowest BCUT2D eigenvalue weighted by atomic mass is 10.2. The summed E-state index contributed by atoms with van der Waals surface area (Å²) in [4.78, 5) is 2.41. The van der Waals surface area contributed by atoms with Gasteiger partial charge >= 0.3 is 0 Å². The molecular weight excluding hydrogens is 224 g/mol. The Balaban J connectivity index is 1.68. The number of hydrogen-bond donors (Lipinski definition) is 1. The fraction of sp³-hybridized carbons (Fsp3) is 0.357. The van der Waals surface area contributed by atoms with Gasteiger partial charge in [-0.25, -0.2) is 4.68 Å². The molecule has 1 aliphatic rings. The van der Waals surface area contributed by atoms with Crippen molar-refractivity contribution in [2.45, 2.75) is 19.0 Å². The lowest BCUT2D eigenvalue weighted by Gasteiger charge is -2.15. The number of likely N-dealkylation sites (tertiary alicyclic amines) is 1. The molecule has 0 saturated carbocycles. The first-order chi connectivity index (χ1) is 8.81. The average Bonchev–Trinajstić information content (AvgIpc) is 3.02. The molecule has 2 aromatic rings. The Bertz CT molecular complexity index is 489. The summed E-state index contributed by atoms with van der Waals surface area (Å²) in [5.74, 6) is 0. The summed E-state index contributed by atoms with van der Waals surface area (Å²) in [6.07, 6.45) is 4.86. The van der Waals surface area contributed by atoms with Crippen LogP contribution in [0.25, 0.3) is 5.69 Å². The summed E-state index contributed by atoms with van der Waals surface area (Å²) in [5.41, 5.74) is 8.35. The van der Waals surface area contributed by atoms with Gasteiger partial charge in [-0.15, -0.1) is 0 Å². The minimum atomic E-state index is 0.355. The first kappa shape index (κ1) is 11.4. The minimum absolute atomic E-state index is 0.355. The van der Waals surface area contributed by atoms with Crippen molar-refractivity contribution in [2.24, 2.45) is 5.73 Å². The van der Waals surface area contributed by atoms with Crippen molar-refractivity contribution in [1.82, 2.24) is 14.7 Å². The number of hydrogen-bond acceptors (Lipinski definition) is 3. The molecule has 0 unspecified atom stereocenters. The molecule has 2 heterocycles. The van der Waals surface area contributed by atoms with E-state index in [1.165, 1.54) is 5.56 Å². The van der Waals surface area contributed by atoms with Gasteiger partial charge < -0.3 is 5.73 Å². The van der Waals surface area contributed by atoms with Crippen LogP contribution in [0.5, 0.6) is 0 Å². The van der Waals surface area contributed by atoms with E-state index in [-0.39, 0.29) is 0 Å². The Morgan fingerprint density at radius 3 is 2.72 bits per heavy atom. The summed E-state index contributed by atoms with van der Waals surface area (Å²) in [5, 5.41) is 4.22. The molecule has 1 atom stereocenters. The van der Waals surface area contributed by atoms with Crippen molar-refractivity contribution >= 4 is 0 Å². The highest BCUT2D eigenvalue weighted by Crippen LogP contribution is 2.14. The van der Waals surface area contributed by atoms with Gasteiger partial charge in [0.15, 0.2) is 0 Å². The largest absolute Gasteiger partial charge is 0.326 e. The maximum absolute atomic E-state index is 5.91. The maximum atomic E-state index is 5.91. The van der Waals surface area contributed by atoms with Crippen molar-refractivity contribution in [3.05, 3.63) is 48.3 Å². The Hall–Kier alpha value is -1.65. The van der Waals surface area contributed by atoms with E-state index < -0.39 is 0 Å². The molecule has 1 aromatic heterocycles. The molecule has 0 amide bonds. The Morgan fingerprint density at radius 2 is 2.11 bits per heavy atom. The highest BCUT2D eigenvalue weighted by atomic mass is 15.3. The van der Waals surface area contributed by atoms with Crippen LogP contribution in [0.4, 0.5) is 0 Å². The summed E-state index contributed by atoms with van der Waals surface area (Å²) in [6.45, 7) is 3.12. The van der Waals surface area contributed by atoms with Crippen LogP contribution in [0.1, 0.15) is 12.0 Å². The van der Waals surface area contributed by atoms with Gasteiger partial charge in [-0.3, -0.25) is 4.90 Å². The van der Waals surface area contributed by atoms with E-state index in [4.69, 9.17) is 5.73 Å². The van der Waals surface area contributed by atoms with Crippen LogP contribution in [0.15, 0.2) is 42.7 Å². The van der Waals surface area contributed by atoms with E-state index in [0.717, 1.165) is 31.7 Å². The molecule has 0 spiro atoms. The van der Waals surface area contributed by atoms with Gasteiger partial charge in [0, 0.05) is 38.1 Å². The number of aromatic nitrogens is 2. The smallest absolute Gasteiger partial charge is 0.0645 e. The second-order valence-electron chi connectivity index (χ2n) is 4.90. The number of nitrogens with two attached hydrogens (primary N) is 1. The molecule has 0 aliphatic carbocycles. The third-order valence-corrected chi connectivity index (χ3v) is 3.42. The molecule has 1 aromatic carbocycles. The molecule has 18 heavy (non-hydrogen) atoms. The maximum Gasteiger partial charge on any atom is 0.0645 e. The topological polar surface area (TPSA) is 47.1 Å². The van der Waals surface area contributed by atoms with Crippen LogP contribution in [0, 0.1) is 0 Å². The average molecular weight is 242 g/mol. The van der Waals surface area contributed by atoms with E-state index in [1.54, 1.807) is 6.20 Å². The molecule has 4 nitrogen and oxygen atoms in total. The van der Waals surface area contributed by atoms with Crippen molar-refractivity contribution in [1.29, 1.82) is 0 Å². The molecule has 3 rings (SSSR count). The third-order valence-electron chi connectivity index (χ3n) is 3.42. The molecular formula is C14H18N4. The fourth-order valence-corrected chi connectivity index (χ4v) is 2.44. The monoisotopic (exact) mass is 242 g/mol. The first-order valence-electron chi connectivity index (χ1n) is 6.38. The quantitative estimate of drug-likeness (QED) is 0.885. The van der Waals surface area contributed by atoms with Crippen molar-refractivity contribution in [3.63, 3.8) is 0 Å². The van der Waals surface area contributed by atoms with Gasteiger partial charge in [-0.2, -0.15) is 5.10 Å². The molecule has 1 saturated heterocycles. The highest BCUT2D eigenvalue weighted by molar-refractivity contribution is 5.33. The molecule has 0 radical (unpaired) electrons. The van der Waals surface area contributed by atoms with Crippen LogP contribution >= 0.6 is 0 Å². The zero-order valence-corrected chi connectivity index (χ0v) is 10.4. The Kier molecular flexibility index (Phi) is 3.13. The van der Waals surface area contributed by atoms with Crippen molar-refractivity contribution in [2.75, 3.05) is 13.1 Å². The summed E-state index contributed by atoms with van der Waals surface area (Å²) in [7, 11) is 0. The second-order valence-corrected chi connectivity index (χ2v) is 4.90. The zero-order chi connectivity index (χ0) is 12.4. The zero-order valence-electron chi connectivity index (χ0n) is 10.4. The van der Waals surface area contributed by atoms with Gasteiger partial charge in [0.2, 0.25) is 0 Å². The summed E-state index contributed by atoms with van der Waals surface area (Å²) in [6, 6.07) is 10.8. The number of benzene rings is 1. The number of rotatable bonds is 3. The van der Waals surface area contributed by atoms with Crippen LogP contribution in [-0.2, 0) is 6.54 Å². The first-order valence-corrected chi connectivity index (χ1v) is 6.38. The van der Waals surface area contributed by atoms with Gasteiger partial charge in [0.1, 0.15) is 0 Å². The predicted octanol–water partition coefficient (Wildman–Crippen LogP) is 1.41. The number of nitrogens with zero attached hydrogens (tertiary/aromatic N) is 3. The Labute approximate surface area is 107 Å². The van der Waals surface area contributed by atoms with Crippen molar-refractivity contribution in [3.8, 4) is 5.69 Å². The van der Waals surface area contributed by atoms with Gasteiger partial charge in [-0.1, -0.05) is 12.1 Å². The van der Waals surface area contributed by atoms with Crippen LogP contribution < -0.4 is 5.73 Å². The van der Waals surface area contributed by atoms with Gasteiger partial charge in [0.05, 0.1) is 5.69 Å². The summed E-state index contributed by atoms with van der Waals surface area (Å²) >= 11 is 0. The summed E-state index contributed by atoms with van der Waals surface area (Å²) < 4.78 is 1.87. The predicted molar refractivity (Wildman–Crippen MR) is 71.4 cm³/mol. The lowest BCUT2D eigenvalue weighted by Crippen LogP contribution is -2.26. The Morgan fingerprint density at radius 1 is 1.28 bits per heavy atom. The van der Waals surface area contributed by atoms with Crippen LogP contribution in [0.2, 0.25) is 0 Å². The molecule has 94 valence electrons. The SMILES string of the molecule is N[C@H]1CCN(Cc2ccc(-n3cccn3)cc2)C1. The van der Waals surface area contributed by atoms with Crippen LogP contribution in [0.3, 0.4) is 0 Å². The van der Waals surface area contributed by atoms with Gasteiger partial charge in [-0.05, 0) is 30.2 Å².